The van der Waals surface area contributed by atoms with E-state index in [-0.39, 0.29) is 19.5 Å². The van der Waals surface area contributed by atoms with Gasteiger partial charge in [0.2, 0.25) is 19.5 Å². The van der Waals surface area contributed by atoms with E-state index in [0.29, 0.717) is 24.8 Å². The van der Waals surface area contributed by atoms with Gasteiger partial charge >= 0.3 is 0 Å². The molecule has 1 N–H and O–H groups in total. The van der Waals surface area contributed by atoms with Crippen molar-refractivity contribution >= 4 is 5.91 Å². The summed E-state index contributed by atoms with van der Waals surface area (Å²) in [5.41, 5.74) is 2.00. The van der Waals surface area contributed by atoms with Crippen LogP contribution in [0.15, 0.2) is 36.4 Å². The fourth-order valence-electron chi connectivity index (χ4n) is 4.79. The van der Waals surface area contributed by atoms with Crippen LogP contribution in [0.25, 0.3) is 0 Å². The van der Waals surface area contributed by atoms with E-state index in [4.69, 9.17) is 18.9 Å². The van der Waals surface area contributed by atoms with Crippen LogP contribution in [0.2, 0.25) is 0 Å². The molecule has 0 aliphatic carbocycles. The second-order valence-electron chi connectivity index (χ2n) is 8.43. The number of nitrogens with one attached hydrogen (secondary N) is 1. The van der Waals surface area contributed by atoms with Crippen LogP contribution in [0.4, 0.5) is 0 Å². The van der Waals surface area contributed by atoms with Crippen molar-refractivity contribution in [2.75, 3.05) is 33.2 Å². The topological polar surface area (TPSA) is 61.7 Å². The van der Waals surface area contributed by atoms with Crippen LogP contribution in [0, 0.1) is 0 Å². The molecular formula is C24H29N2O5+. The van der Waals surface area contributed by atoms with E-state index in [9.17, 15) is 4.79 Å². The van der Waals surface area contributed by atoms with Crippen molar-refractivity contribution in [2.45, 2.75) is 38.8 Å². The molecule has 3 heterocycles. The molecule has 1 saturated heterocycles. The predicted molar refractivity (Wildman–Crippen MR) is 114 cm³/mol. The van der Waals surface area contributed by atoms with E-state index in [0.717, 1.165) is 47.9 Å². The van der Waals surface area contributed by atoms with Gasteiger partial charge in [0, 0.05) is 19.4 Å². The van der Waals surface area contributed by atoms with Crippen molar-refractivity contribution in [1.29, 1.82) is 0 Å². The van der Waals surface area contributed by atoms with Crippen LogP contribution in [-0.2, 0) is 17.8 Å². The van der Waals surface area contributed by atoms with Crippen molar-refractivity contribution in [3.63, 3.8) is 0 Å². The van der Waals surface area contributed by atoms with Gasteiger partial charge in [-0.15, -0.1) is 0 Å². The molecule has 5 rings (SSSR count). The molecule has 7 nitrogen and oxygen atoms in total. The maximum absolute atomic E-state index is 13.4. The molecule has 0 radical (unpaired) electrons. The lowest BCUT2D eigenvalue weighted by atomic mass is 10.1. The SMILES string of the molecule is CC[NH+]1CCC[C@@H]1CN(Cc1ccc2c(c1)OCO2)C(=O)Cc1ccc2c(c1)OCO2. The Bertz CT molecular complexity index is 963. The number of nitrogens with zero attached hydrogens (tertiary/aromatic N) is 1. The van der Waals surface area contributed by atoms with Gasteiger partial charge in [0.25, 0.3) is 0 Å². The summed E-state index contributed by atoms with van der Waals surface area (Å²) in [4.78, 5) is 17.0. The Hall–Kier alpha value is -2.93. The highest BCUT2D eigenvalue weighted by molar-refractivity contribution is 5.79. The molecule has 1 fully saturated rings. The largest absolute Gasteiger partial charge is 0.454 e. The lowest BCUT2D eigenvalue weighted by Crippen LogP contribution is -3.14. The number of rotatable bonds is 7. The van der Waals surface area contributed by atoms with Crippen molar-refractivity contribution in [1.82, 2.24) is 4.90 Å². The zero-order valence-electron chi connectivity index (χ0n) is 17.9. The third-order valence-electron chi connectivity index (χ3n) is 6.48. The summed E-state index contributed by atoms with van der Waals surface area (Å²) in [7, 11) is 0. The minimum absolute atomic E-state index is 0.124. The number of likely N-dealkylation sites (N-methyl/N-ethyl adjacent to an activating group) is 1. The second-order valence-corrected chi connectivity index (χ2v) is 8.43. The molecule has 1 unspecified atom stereocenters. The Kier molecular flexibility index (Phi) is 5.59. The number of hydrogen-bond donors (Lipinski definition) is 1. The Morgan fingerprint density at radius 3 is 2.32 bits per heavy atom. The molecule has 0 bridgehead atoms. The van der Waals surface area contributed by atoms with Gasteiger partial charge in [-0.3, -0.25) is 4.79 Å². The Morgan fingerprint density at radius 2 is 1.61 bits per heavy atom. The summed E-state index contributed by atoms with van der Waals surface area (Å²) in [5.74, 6) is 3.09. The molecule has 0 saturated carbocycles. The summed E-state index contributed by atoms with van der Waals surface area (Å²) in [6.07, 6.45) is 2.73. The number of hydrogen-bond acceptors (Lipinski definition) is 5. The van der Waals surface area contributed by atoms with Crippen LogP contribution >= 0.6 is 0 Å². The normalized spacial score (nSPS) is 20.8. The quantitative estimate of drug-likeness (QED) is 0.733. The monoisotopic (exact) mass is 425 g/mol. The average molecular weight is 426 g/mol. The van der Waals surface area contributed by atoms with Gasteiger partial charge in [0.05, 0.1) is 26.1 Å². The zero-order chi connectivity index (χ0) is 21.2. The van der Waals surface area contributed by atoms with Crippen LogP contribution in [0.3, 0.4) is 0 Å². The van der Waals surface area contributed by atoms with Gasteiger partial charge in [-0.25, -0.2) is 0 Å². The Morgan fingerprint density at radius 1 is 0.968 bits per heavy atom. The van der Waals surface area contributed by atoms with Crippen LogP contribution in [0.1, 0.15) is 30.9 Å². The lowest BCUT2D eigenvalue weighted by Gasteiger charge is -2.29. The molecule has 2 aromatic carbocycles. The van der Waals surface area contributed by atoms with Crippen molar-refractivity contribution < 1.29 is 28.6 Å². The predicted octanol–water partition coefficient (Wildman–Crippen LogP) is 1.78. The van der Waals surface area contributed by atoms with Crippen molar-refractivity contribution in [3.05, 3.63) is 47.5 Å². The third-order valence-corrected chi connectivity index (χ3v) is 6.48. The number of benzene rings is 2. The fourth-order valence-corrected chi connectivity index (χ4v) is 4.79. The van der Waals surface area contributed by atoms with Gasteiger partial charge in [0.15, 0.2) is 23.0 Å². The minimum Gasteiger partial charge on any atom is -0.454 e. The van der Waals surface area contributed by atoms with Crippen molar-refractivity contribution in [3.8, 4) is 23.0 Å². The highest BCUT2D eigenvalue weighted by Crippen LogP contribution is 2.34. The second kappa shape index (κ2) is 8.67. The minimum atomic E-state index is 0.124. The molecule has 2 aromatic rings. The fraction of sp³-hybridized carbons (Fsp3) is 0.458. The number of fused-ring (bicyclic) bond motifs is 2. The summed E-state index contributed by atoms with van der Waals surface area (Å²) >= 11 is 0. The van der Waals surface area contributed by atoms with Gasteiger partial charge in [-0.05, 0) is 42.3 Å². The van der Waals surface area contributed by atoms with E-state index in [1.165, 1.54) is 13.0 Å². The van der Waals surface area contributed by atoms with Gasteiger partial charge < -0.3 is 28.7 Å². The Balaban J connectivity index is 1.34. The molecule has 7 heteroatoms. The van der Waals surface area contributed by atoms with E-state index >= 15 is 0 Å². The molecule has 3 aliphatic heterocycles. The molecule has 3 aliphatic rings. The first kappa shape index (κ1) is 20.0. The van der Waals surface area contributed by atoms with E-state index in [1.54, 1.807) is 4.90 Å². The number of amides is 1. The number of carbonyl (C=O) groups excluding carboxylic acids is 1. The summed E-state index contributed by atoms with van der Waals surface area (Å²) in [6, 6.07) is 12.2. The summed E-state index contributed by atoms with van der Waals surface area (Å²) in [5, 5.41) is 0. The first-order valence-corrected chi connectivity index (χ1v) is 11.1. The summed E-state index contributed by atoms with van der Waals surface area (Å²) in [6.45, 7) is 6.33. The maximum Gasteiger partial charge on any atom is 0.231 e. The maximum atomic E-state index is 13.4. The van der Waals surface area contributed by atoms with Crippen molar-refractivity contribution in [2.24, 2.45) is 0 Å². The highest BCUT2D eigenvalue weighted by Gasteiger charge is 2.31. The average Bonchev–Trinajstić information content (AvgIpc) is 3.52. The van der Waals surface area contributed by atoms with E-state index < -0.39 is 0 Å². The Labute approximate surface area is 182 Å². The molecular weight excluding hydrogens is 396 g/mol. The summed E-state index contributed by atoms with van der Waals surface area (Å²) < 4.78 is 21.8. The van der Waals surface area contributed by atoms with E-state index in [1.807, 2.05) is 41.3 Å². The number of ether oxygens (including phenoxy) is 4. The van der Waals surface area contributed by atoms with Crippen LogP contribution < -0.4 is 23.8 Å². The first-order valence-electron chi connectivity index (χ1n) is 11.1. The van der Waals surface area contributed by atoms with Gasteiger partial charge in [0.1, 0.15) is 6.04 Å². The van der Waals surface area contributed by atoms with Crippen LogP contribution in [-0.4, -0.2) is 50.1 Å². The molecule has 0 spiro atoms. The lowest BCUT2D eigenvalue weighted by molar-refractivity contribution is -0.909. The standard InChI is InChI=1S/C24H28N2O5/c1-2-25-9-3-4-19(25)14-26(13-18-6-8-21-23(11-18)31-16-29-21)24(27)12-17-5-7-20-22(10-17)30-15-28-20/h5-8,10-11,19H,2-4,9,12-16H2,1H3/p+1/t19-/m1/s1. The smallest absolute Gasteiger partial charge is 0.231 e. The molecule has 0 aromatic heterocycles. The van der Waals surface area contributed by atoms with Gasteiger partial charge in [-0.2, -0.15) is 0 Å². The third kappa shape index (κ3) is 4.28. The number of quaternary nitrogens is 1. The molecule has 1 amide bonds. The molecule has 31 heavy (non-hydrogen) atoms. The molecule has 164 valence electrons. The van der Waals surface area contributed by atoms with E-state index in [2.05, 4.69) is 6.92 Å². The number of likely N-dealkylation sites (tertiary alicyclic amines) is 1. The number of carbonyl (C=O) groups is 1. The zero-order valence-corrected chi connectivity index (χ0v) is 17.9. The van der Waals surface area contributed by atoms with Gasteiger partial charge in [-0.1, -0.05) is 12.1 Å². The van der Waals surface area contributed by atoms with Crippen LogP contribution in [0.5, 0.6) is 23.0 Å². The molecule has 2 atom stereocenters. The first-order chi connectivity index (χ1) is 15.2. The highest BCUT2D eigenvalue weighted by atomic mass is 16.7.